The molecule has 0 unspecified atom stereocenters. The van der Waals surface area contributed by atoms with Gasteiger partial charge >= 0.3 is 0 Å². The van der Waals surface area contributed by atoms with Crippen molar-refractivity contribution in [1.82, 2.24) is 15.1 Å². The monoisotopic (exact) mass is 283 g/mol. The predicted molar refractivity (Wildman–Crippen MR) is 79.2 cm³/mol. The Bertz CT molecular complexity index is 656. The van der Waals surface area contributed by atoms with E-state index in [2.05, 4.69) is 10.2 Å². The van der Waals surface area contributed by atoms with E-state index in [4.69, 9.17) is 11.0 Å². The van der Waals surface area contributed by atoms with Crippen LogP contribution in [-0.4, -0.2) is 27.5 Å². The topological polar surface area (TPSA) is 98.8 Å². The van der Waals surface area contributed by atoms with Crippen LogP contribution in [0.2, 0.25) is 0 Å². The Morgan fingerprint density at radius 2 is 2.14 bits per heavy atom. The maximum Gasteiger partial charge on any atom is 0.277 e. The van der Waals surface area contributed by atoms with E-state index in [9.17, 15) is 4.79 Å². The quantitative estimate of drug-likeness (QED) is 0.816. The fourth-order valence-corrected chi connectivity index (χ4v) is 2.06. The van der Waals surface area contributed by atoms with Crippen molar-refractivity contribution in [2.24, 2.45) is 0 Å². The Labute approximate surface area is 123 Å². The third-order valence-corrected chi connectivity index (χ3v) is 3.20. The average Bonchev–Trinajstić information content (AvgIpc) is 2.88. The molecule has 0 saturated carbocycles. The number of aryl methyl sites for hydroxylation is 1. The third-order valence-electron chi connectivity index (χ3n) is 3.20. The van der Waals surface area contributed by atoms with Gasteiger partial charge in [0.25, 0.3) is 5.91 Å². The van der Waals surface area contributed by atoms with Gasteiger partial charge in [0.05, 0.1) is 17.5 Å². The second-order valence-electron chi connectivity index (χ2n) is 4.62. The summed E-state index contributed by atoms with van der Waals surface area (Å²) in [6, 6.07) is 11.5. The van der Waals surface area contributed by atoms with Gasteiger partial charge in [0.1, 0.15) is 6.54 Å². The van der Waals surface area contributed by atoms with Gasteiger partial charge in [-0.25, -0.2) is 0 Å². The largest absolute Gasteiger partial charge is 0.395 e. The van der Waals surface area contributed by atoms with Crippen LogP contribution in [0.15, 0.2) is 30.3 Å². The number of rotatable bonds is 5. The van der Waals surface area contributed by atoms with Crippen LogP contribution < -0.4 is 5.73 Å². The predicted octanol–water partition coefficient (Wildman–Crippen LogP) is 1.72. The molecule has 108 valence electrons. The Balaban J connectivity index is 2.23. The van der Waals surface area contributed by atoms with Crippen molar-refractivity contribution in [3.05, 3.63) is 47.3 Å². The first-order chi connectivity index (χ1) is 10.2. The number of hydrogen-bond donors (Lipinski definition) is 2. The van der Waals surface area contributed by atoms with E-state index in [0.717, 1.165) is 11.3 Å². The number of hydrogen-bond acceptors (Lipinski definition) is 4. The lowest BCUT2D eigenvalue weighted by molar-refractivity contribution is 0.0760. The van der Waals surface area contributed by atoms with E-state index in [1.54, 1.807) is 0 Å². The zero-order chi connectivity index (χ0) is 15.2. The van der Waals surface area contributed by atoms with E-state index in [-0.39, 0.29) is 18.1 Å². The Morgan fingerprint density at radius 1 is 1.43 bits per heavy atom. The summed E-state index contributed by atoms with van der Waals surface area (Å²) < 4.78 is 0. The molecule has 0 aliphatic carbocycles. The first-order valence-corrected chi connectivity index (χ1v) is 6.70. The van der Waals surface area contributed by atoms with Crippen LogP contribution in [0.5, 0.6) is 0 Å². The van der Waals surface area contributed by atoms with Crippen LogP contribution in [0.3, 0.4) is 0 Å². The number of nitriles is 1. The van der Waals surface area contributed by atoms with E-state index in [1.807, 2.05) is 43.3 Å². The van der Waals surface area contributed by atoms with Crippen molar-refractivity contribution in [3.63, 3.8) is 0 Å². The van der Waals surface area contributed by atoms with E-state index >= 15 is 0 Å². The molecule has 0 saturated heterocycles. The minimum Gasteiger partial charge on any atom is -0.395 e. The molecule has 0 atom stereocenters. The fraction of sp³-hybridized carbons (Fsp3) is 0.267. The highest BCUT2D eigenvalue weighted by Crippen LogP contribution is 2.17. The molecule has 1 aromatic carbocycles. The van der Waals surface area contributed by atoms with Gasteiger partial charge in [0, 0.05) is 6.54 Å². The minimum atomic E-state index is -0.339. The minimum absolute atomic E-state index is 0.0124. The number of nitrogens with zero attached hydrogens (tertiary/aromatic N) is 3. The molecule has 21 heavy (non-hydrogen) atoms. The number of aromatic amines is 1. The number of benzene rings is 1. The highest BCUT2D eigenvalue weighted by atomic mass is 16.2. The van der Waals surface area contributed by atoms with Gasteiger partial charge in [0.2, 0.25) is 0 Å². The van der Waals surface area contributed by atoms with Crippen molar-refractivity contribution in [2.45, 2.75) is 19.9 Å². The molecule has 2 aromatic rings. The van der Waals surface area contributed by atoms with Crippen LogP contribution in [0, 0.1) is 11.3 Å². The number of nitrogen functional groups attached to an aromatic ring is 1. The SMILES string of the molecule is CCc1[nH]nc(C(=O)N(CC#N)Cc2ccccc2)c1N. The number of aromatic nitrogens is 2. The maximum atomic E-state index is 12.5. The van der Waals surface area contributed by atoms with Crippen LogP contribution >= 0.6 is 0 Å². The van der Waals surface area contributed by atoms with Crippen molar-refractivity contribution < 1.29 is 4.79 Å². The van der Waals surface area contributed by atoms with Crippen molar-refractivity contribution >= 4 is 11.6 Å². The van der Waals surface area contributed by atoms with Crippen molar-refractivity contribution in [3.8, 4) is 6.07 Å². The second kappa shape index (κ2) is 6.57. The lowest BCUT2D eigenvalue weighted by Gasteiger charge is -2.18. The summed E-state index contributed by atoms with van der Waals surface area (Å²) in [5, 5.41) is 15.7. The lowest BCUT2D eigenvalue weighted by atomic mass is 10.2. The average molecular weight is 283 g/mol. The normalized spacial score (nSPS) is 10.1. The summed E-state index contributed by atoms with van der Waals surface area (Å²) in [6.45, 7) is 2.26. The van der Waals surface area contributed by atoms with Crippen LogP contribution in [0.25, 0.3) is 0 Å². The number of amides is 1. The standard InChI is InChI=1S/C15H17N5O/c1-2-12-13(17)14(19-18-12)15(21)20(9-8-16)10-11-6-4-3-5-7-11/h3-7H,2,9-10,17H2,1H3,(H,18,19). The zero-order valence-electron chi connectivity index (χ0n) is 11.8. The molecular weight excluding hydrogens is 266 g/mol. The fourth-order valence-electron chi connectivity index (χ4n) is 2.06. The van der Waals surface area contributed by atoms with Gasteiger partial charge < -0.3 is 10.6 Å². The maximum absolute atomic E-state index is 12.5. The molecule has 0 fully saturated rings. The molecule has 1 heterocycles. The number of carbonyl (C=O) groups excluding carboxylic acids is 1. The summed E-state index contributed by atoms with van der Waals surface area (Å²) in [5.41, 5.74) is 8.14. The van der Waals surface area contributed by atoms with Crippen molar-refractivity contribution in [1.29, 1.82) is 5.26 Å². The first-order valence-electron chi connectivity index (χ1n) is 6.70. The number of nitrogens with two attached hydrogens (primary N) is 1. The molecule has 0 spiro atoms. The Kier molecular flexibility index (Phi) is 4.57. The summed E-state index contributed by atoms with van der Waals surface area (Å²) in [7, 11) is 0. The van der Waals surface area contributed by atoms with Gasteiger partial charge in [-0.3, -0.25) is 9.89 Å². The van der Waals surface area contributed by atoms with Crippen molar-refractivity contribution in [2.75, 3.05) is 12.3 Å². The molecule has 3 N–H and O–H groups in total. The molecule has 0 bridgehead atoms. The number of nitrogens with one attached hydrogen (secondary N) is 1. The van der Waals surface area contributed by atoms with E-state index in [0.29, 0.717) is 18.7 Å². The van der Waals surface area contributed by atoms with Gasteiger partial charge in [-0.15, -0.1) is 0 Å². The lowest BCUT2D eigenvalue weighted by Crippen LogP contribution is -2.31. The Hall–Kier alpha value is -2.81. The molecule has 0 radical (unpaired) electrons. The molecule has 1 aromatic heterocycles. The third kappa shape index (κ3) is 3.20. The molecule has 2 rings (SSSR count). The summed E-state index contributed by atoms with van der Waals surface area (Å²) in [4.78, 5) is 13.9. The number of anilines is 1. The highest BCUT2D eigenvalue weighted by molar-refractivity contribution is 5.97. The molecule has 0 aliphatic heterocycles. The first kappa shape index (κ1) is 14.6. The van der Waals surface area contributed by atoms with Gasteiger partial charge in [-0.1, -0.05) is 37.3 Å². The molecule has 0 aliphatic rings. The zero-order valence-corrected chi connectivity index (χ0v) is 11.8. The van der Waals surface area contributed by atoms with Crippen LogP contribution in [-0.2, 0) is 13.0 Å². The number of H-pyrrole nitrogens is 1. The molecule has 6 heteroatoms. The molecular formula is C15H17N5O. The van der Waals surface area contributed by atoms with Crippen LogP contribution in [0.4, 0.5) is 5.69 Å². The Morgan fingerprint density at radius 3 is 2.71 bits per heavy atom. The molecule has 1 amide bonds. The number of carbonyl (C=O) groups is 1. The summed E-state index contributed by atoms with van der Waals surface area (Å²) >= 11 is 0. The second-order valence-corrected chi connectivity index (χ2v) is 4.62. The summed E-state index contributed by atoms with van der Waals surface area (Å²) in [5.74, 6) is -0.339. The van der Waals surface area contributed by atoms with E-state index < -0.39 is 0 Å². The molecule has 6 nitrogen and oxygen atoms in total. The van der Waals surface area contributed by atoms with Gasteiger partial charge in [0.15, 0.2) is 5.69 Å². The van der Waals surface area contributed by atoms with E-state index in [1.165, 1.54) is 4.90 Å². The van der Waals surface area contributed by atoms with Gasteiger partial charge in [-0.05, 0) is 12.0 Å². The summed E-state index contributed by atoms with van der Waals surface area (Å²) in [6.07, 6.45) is 0.670. The van der Waals surface area contributed by atoms with Gasteiger partial charge in [-0.2, -0.15) is 10.4 Å². The van der Waals surface area contributed by atoms with Crippen LogP contribution in [0.1, 0.15) is 28.7 Å². The smallest absolute Gasteiger partial charge is 0.277 e. The highest BCUT2D eigenvalue weighted by Gasteiger charge is 2.22.